The molecule has 0 N–H and O–H groups in total. The topological polar surface area (TPSA) is 62.5 Å². The van der Waals surface area contributed by atoms with Gasteiger partial charge in [0.1, 0.15) is 12.0 Å². The van der Waals surface area contributed by atoms with E-state index in [4.69, 9.17) is 4.42 Å². The molecule has 2 aromatic rings. The van der Waals surface area contributed by atoms with E-state index in [0.717, 1.165) is 5.56 Å². The van der Waals surface area contributed by atoms with E-state index in [1.165, 1.54) is 0 Å². The maximum atomic E-state index is 13.9. The molecule has 7 heteroatoms. The van der Waals surface area contributed by atoms with Crippen LogP contribution >= 0.6 is 0 Å². The Kier molecular flexibility index (Phi) is 5.75. The number of rotatable bonds is 7. The van der Waals surface area contributed by atoms with Crippen LogP contribution in [0.4, 0.5) is 4.39 Å². The average molecular weight is 346 g/mol. The number of likely N-dealkylation sites (tertiary alicyclic amines) is 1. The number of alkyl halides is 1. The zero-order valence-electron chi connectivity index (χ0n) is 14.3. The van der Waals surface area contributed by atoms with Crippen LogP contribution in [0.2, 0.25) is 0 Å². The van der Waals surface area contributed by atoms with Crippen LogP contribution in [0.15, 0.2) is 41.5 Å². The van der Waals surface area contributed by atoms with Gasteiger partial charge in [0.15, 0.2) is 0 Å². The largest absolute Gasteiger partial charge is 0.472 e. The summed E-state index contributed by atoms with van der Waals surface area (Å²) in [6.07, 6.45) is 7.26. The molecule has 0 saturated carbocycles. The number of hydrogen-bond acceptors (Lipinski definition) is 5. The number of aromatic nitrogens is 2. The van der Waals surface area contributed by atoms with Crippen LogP contribution in [-0.2, 0) is 17.8 Å². The summed E-state index contributed by atoms with van der Waals surface area (Å²) >= 11 is 0. The summed E-state index contributed by atoms with van der Waals surface area (Å²) in [4.78, 5) is 24.5. The van der Waals surface area contributed by atoms with Gasteiger partial charge in [-0.1, -0.05) is 0 Å². The first-order chi connectivity index (χ1) is 12.1. The molecule has 0 aliphatic carbocycles. The van der Waals surface area contributed by atoms with Gasteiger partial charge in [-0.05, 0) is 30.5 Å². The summed E-state index contributed by atoms with van der Waals surface area (Å²) in [6.45, 7) is 1.38. The Morgan fingerprint density at radius 3 is 2.96 bits per heavy atom. The minimum atomic E-state index is -0.872. The first-order valence-corrected chi connectivity index (χ1v) is 8.51. The highest BCUT2D eigenvalue weighted by Crippen LogP contribution is 2.22. The fraction of sp³-hybridized carbons (Fsp3) is 0.500. The summed E-state index contributed by atoms with van der Waals surface area (Å²) < 4.78 is 18.9. The number of carbonyl (C=O) groups excluding carboxylic acids is 1. The molecule has 0 unspecified atom stereocenters. The molecule has 0 bridgehead atoms. The average Bonchev–Trinajstić information content (AvgIpc) is 3.23. The molecule has 6 nitrogen and oxygen atoms in total. The fourth-order valence-corrected chi connectivity index (χ4v) is 3.19. The lowest BCUT2D eigenvalue weighted by Gasteiger charge is -2.28. The Morgan fingerprint density at radius 2 is 2.24 bits per heavy atom. The van der Waals surface area contributed by atoms with Gasteiger partial charge in [0, 0.05) is 45.0 Å². The van der Waals surface area contributed by atoms with Crippen LogP contribution in [0, 0.1) is 0 Å². The highest BCUT2D eigenvalue weighted by molar-refractivity contribution is 5.76. The van der Waals surface area contributed by atoms with Crippen LogP contribution < -0.4 is 0 Å². The van der Waals surface area contributed by atoms with Crippen LogP contribution in [-0.4, -0.2) is 58.0 Å². The smallest absolute Gasteiger partial charge is 0.222 e. The Hall–Kier alpha value is -2.28. The third-order valence-electron chi connectivity index (χ3n) is 4.56. The molecule has 25 heavy (non-hydrogen) atoms. The Bertz CT molecular complexity index is 665. The SMILES string of the molecule is CN(C[C@@H]1C[C@H](F)CN1Cc1ncccn1)C(=O)CCc1ccoc1. The molecular weight excluding hydrogens is 323 g/mol. The van der Waals surface area contributed by atoms with Gasteiger partial charge in [0.05, 0.1) is 19.1 Å². The van der Waals surface area contributed by atoms with Crippen molar-refractivity contribution in [3.05, 3.63) is 48.4 Å². The molecule has 0 aromatic carbocycles. The van der Waals surface area contributed by atoms with Crippen molar-refractivity contribution >= 4 is 5.91 Å². The summed E-state index contributed by atoms with van der Waals surface area (Å²) in [5.74, 6) is 0.731. The van der Waals surface area contributed by atoms with E-state index >= 15 is 0 Å². The van der Waals surface area contributed by atoms with Gasteiger partial charge in [0.25, 0.3) is 0 Å². The monoisotopic (exact) mass is 346 g/mol. The molecule has 0 spiro atoms. The lowest BCUT2D eigenvalue weighted by molar-refractivity contribution is -0.130. The third-order valence-corrected chi connectivity index (χ3v) is 4.56. The van der Waals surface area contributed by atoms with E-state index in [0.29, 0.717) is 44.7 Å². The van der Waals surface area contributed by atoms with Crippen LogP contribution in [0.25, 0.3) is 0 Å². The van der Waals surface area contributed by atoms with Crippen molar-refractivity contribution in [1.82, 2.24) is 19.8 Å². The highest BCUT2D eigenvalue weighted by Gasteiger charge is 2.33. The number of hydrogen-bond donors (Lipinski definition) is 0. The van der Waals surface area contributed by atoms with E-state index in [-0.39, 0.29) is 11.9 Å². The Balaban J connectivity index is 1.53. The molecule has 3 rings (SSSR count). The van der Waals surface area contributed by atoms with Crippen molar-refractivity contribution < 1.29 is 13.6 Å². The molecule has 1 aliphatic rings. The van der Waals surface area contributed by atoms with Crippen molar-refractivity contribution in [1.29, 1.82) is 0 Å². The van der Waals surface area contributed by atoms with Crippen LogP contribution in [0.1, 0.15) is 24.2 Å². The zero-order chi connectivity index (χ0) is 17.6. The Morgan fingerprint density at radius 1 is 1.44 bits per heavy atom. The van der Waals surface area contributed by atoms with Gasteiger partial charge in [0.2, 0.25) is 5.91 Å². The Labute approximate surface area is 146 Å². The number of nitrogens with zero attached hydrogens (tertiary/aromatic N) is 4. The van der Waals surface area contributed by atoms with Gasteiger partial charge >= 0.3 is 0 Å². The molecular formula is C18H23FN4O2. The van der Waals surface area contributed by atoms with Crippen LogP contribution in [0.5, 0.6) is 0 Å². The van der Waals surface area contributed by atoms with E-state index in [2.05, 4.69) is 9.97 Å². The number of halogens is 1. The summed E-state index contributed by atoms with van der Waals surface area (Å²) in [5, 5.41) is 0. The summed E-state index contributed by atoms with van der Waals surface area (Å²) in [7, 11) is 1.78. The molecule has 1 saturated heterocycles. The second kappa shape index (κ2) is 8.20. The van der Waals surface area contributed by atoms with E-state index < -0.39 is 6.17 Å². The van der Waals surface area contributed by atoms with E-state index in [9.17, 15) is 9.18 Å². The fourth-order valence-electron chi connectivity index (χ4n) is 3.19. The summed E-state index contributed by atoms with van der Waals surface area (Å²) in [5.41, 5.74) is 1.01. The second-order valence-electron chi connectivity index (χ2n) is 6.49. The predicted molar refractivity (Wildman–Crippen MR) is 90.4 cm³/mol. The molecule has 1 amide bonds. The van der Waals surface area contributed by atoms with Gasteiger partial charge in [-0.15, -0.1) is 0 Å². The number of carbonyl (C=O) groups is 1. The molecule has 0 radical (unpaired) electrons. The molecule has 3 heterocycles. The number of aryl methyl sites for hydroxylation is 1. The number of furan rings is 1. The van der Waals surface area contributed by atoms with Gasteiger partial charge in [-0.2, -0.15) is 0 Å². The molecule has 134 valence electrons. The lowest BCUT2D eigenvalue weighted by Crippen LogP contribution is -2.41. The molecule has 1 aliphatic heterocycles. The minimum absolute atomic E-state index is 0.0123. The van der Waals surface area contributed by atoms with Crippen molar-refractivity contribution in [2.24, 2.45) is 0 Å². The predicted octanol–water partition coefficient (Wildman–Crippen LogP) is 2.07. The van der Waals surface area contributed by atoms with E-state index in [1.54, 1.807) is 42.9 Å². The van der Waals surface area contributed by atoms with Crippen LogP contribution in [0.3, 0.4) is 0 Å². The number of amides is 1. The summed E-state index contributed by atoms with van der Waals surface area (Å²) in [6, 6.07) is 3.61. The molecule has 2 aromatic heterocycles. The first-order valence-electron chi connectivity index (χ1n) is 8.51. The second-order valence-corrected chi connectivity index (χ2v) is 6.49. The maximum absolute atomic E-state index is 13.9. The standard InChI is InChI=1S/C18H23FN4O2/c1-22(18(24)4-3-14-5-8-25-13-14)11-16-9-15(19)10-23(16)12-17-20-6-2-7-21-17/h2,5-8,13,15-16H,3-4,9-12H2,1H3/t15-,16-/m0/s1. The van der Waals surface area contributed by atoms with E-state index in [1.807, 2.05) is 11.0 Å². The molecule has 1 fully saturated rings. The van der Waals surface area contributed by atoms with Crippen molar-refractivity contribution in [2.75, 3.05) is 20.1 Å². The maximum Gasteiger partial charge on any atom is 0.222 e. The van der Waals surface area contributed by atoms with Crippen molar-refractivity contribution in [2.45, 2.75) is 38.0 Å². The first kappa shape index (κ1) is 17.5. The van der Waals surface area contributed by atoms with Crippen molar-refractivity contribution in [3.63, 3.8) is 0 Å². The minimum Gasteiger partial charge on any atom is -0.472 e. The lowest BCUT2D eigenvalue weighted by atomic mass is 10.1. The zero-order valence-corrected chi connectivity index (χ0v) is 14.3. The molecule has 2 atom stereocenters. The van der Waals surface area contributed by atoms with Gasteiger partial charge < -0.3 is 9.32 Å². The van der Waals surface area contributed by atoms with Gasteiger partial charge in [-0.3, -0.25) is 9.69 Å². The van der Waals surface area contributed by atoms with Gasteiger partial charge in [-0.25, -0.2) is 14.4 Å². The third kappa shape index (κ3) is 4.85. The highest BCUT2D eigenvalue weighted by atomic mass is 19.1. The quantitative estimate of drug-likeness (QED) is 0.768. The van der Waals surface area contributed by atoms with Crippen molar-refractivity contribution in [3.8, 4) is 0 Å². The normalized spacial score (nSPS) is 20.7. The number of likely N-dealkylation sites (N-methyl/N-ethyl adjacent to an activating group) is 1.